The molecule has 0 aromatic heterocycles. The van der Waals surface area contributed by atoms with Crippen LogP contribution >= 0.6 is 11.6 Å². The van der Waals surface area contributed by atoms with Crippen molar-refractivity contribution in [3.05, 3.63) is 29.3 Å². The number of carbonyl (C=O) groups is 1. The van der Waals surface area contributed by atoms with Crippen LogP contribution in [0.2, 0.25) is 5.02 Å². The fourth-order valence-corrected chi connectivity index (χ4v) is 1.74. The second-order valence-corrected chi connectivity index (χ2v) is 4.70. The summed E-state index contributed by atoms with van der Waals surface area (Å²) in [7, 11) is 0. The van der Waals surface area contributed by atoms with E-state index in [1.807, 2.05) is 0 Å². The summed E-state index contributed by atoms with van der Waals surface area (Å²) >= 11 is 5.89. The van der Waals surface area contributed by atoms with Crippen LogP contribution in [-0.4, -0.2) is 55.1 Å². The quantitative estimate of drug-likeness (QED) is 0.750. The topological polar surface area (TPSA) is 61.8 Å². The van der Waals surface area contributed by atoms with E-state index in [1.54, 1.807) is 24.3 Å². The summed E-state index contributed by atoms with van der Waals surface area (Å²) in [6.07, 6.45) is -4.42. The van der Waals surface area contributed by atoms with Crippen molar-refractivity contribution in [3.63, 3.8) is 0 Å². The molecule has 9 heteroatoms. The van der Waals surface area contributed by atoms with E-state index in [9.17, 15) is 18.0 Å². The molecule has 0 saturated heterocycles. The van der Waals surface area contributed by atoms with Crippen LogP contribution in [0.3, 0.4) is 0 Å². The predicted molar refractivity (Wildman–Crippen MR) is 76.0 cm³/mol. The molecule has 0 fully saturated rings. The number of urea groups is 1. The lowest BCUT2D eigenvalue weighted by molar-refractivity contribution is -0.174. The Hall–Kier alpha value is -1.51. The summed E-state index contributed by atoms with van der Waals surface area (Å²) in [6.45, 7) is -2.13. The van der Waals surface area contributed by atoms with E-state index in [-0.39, 0.29) is 26.3 Å². The number of benzene rings is 1. The zero-order valence-corrected chi connectivity index (χ0v) is 12.3. The molecule has 0 radical (unpaired) electrons. The zero-order chi connectivity index (χ0) is 16.6. The number of hydrogen-bond acceptors (Lipinski definition) is 3. The van der Waals surface area contributed by atoms with Crippen molar-refractivity contribution < 1.29 is 27.8 Å². The molecule has 0 atom stereocenters. The lowest BCUT2D eigenvalue weighted by Gasteiger charge is -2.22. The van der Waals surface area contributed by atoms with E-state index >= 15 is 0 Å². The number of aliphatic hydroxyl groups is 1. The Morgan fingerprint density at radius 2 is 2.00 bits per heavy atom. The van der Waals surface area contributed by atoms with Gasteiger partial charge < -0.3 is 20.1 Å². The summed E-state index contributed by atoms with van der Waals surface area (Å²) in [4.78, 5) is 13.2. The minimum atomic E-state index is -4.42. The highest BCUT2D eigenvalue weighted by atomic mass is 35.5. The number of para-hydroxylation sites is 1. The number of carbonyl (C=O) groups excluding carboxylic acids is 1. The average Bonchev–Trinajstić information content (AvgIpc) is 2.43. The molecule has 124 valence electrons. The molecule has 0 bridgehead atoms. The fraction of sp³-hybridized carbons (Fsp3) is 0.462. The largest absolute Gasteiger partial charge is 0.411 e. The van der Waals surface area contributed by atoms with Gasteiger partial charge in [-0.05, 0) is 12.1 Å². The van der Waals surface area contributed by atoms with Gasteiger partial charge in [0.2, 0.25) is 0 Å². The SMILES string of the molecule is O=C(Nc1ccccc1Cl)N(CCO)CCOCC(F)(F)F. The Morgan fingerprint density at radius 1 is 1.32 bits per heavy atom. The van der Waals surface area contributed by atoms with Gasteiger partial charge >= 0.3 is 12.2 Å². The van der Waals surface area contributed by atoms with Crippen LogP contribution in [0.5, 0.6) is 0 Å². The molecule has 0 unspecified atom stereocenters. The van der Waals surface area contributed by atoms with Crippen LogP contribution in [0.15, 0.2) is 24.3 Å². The second-order valence-electron chi connectivity index (χ2n) is 4.29. The smallest absolute Gasteiger partial charge is 0.395 e. The van der Waals surface area contributed by atoms with Crippen LogP contribution in [-0.2, 0) is 4.74 Å². The monoisotopic (exact) mass is 340 g/mol. The Labute approximate surface area is 130 Å². The number of halogens is 4. The van der Waals surface area contributed by atoms with E-state index in [2.05, 4.69) is 10.1 Å². The molecule has 0 heterocycles. The molecular formula is C13H16ClF3N2O3. The summed E-state index contributed by atoms with van der Waals surface area (Å²) in [6, 6.07) is 5.94. The third-order valence-electron chi connectivity index (χ3n) is 2.54. The maximum atomic E-state index is 12.0. The normalized spacial score (nSPS) is 11.3. The second kappa shape index (κ2) is 8.82. The average molecular weight is 341 g/mol. The third-order valence-corrected chi connectivity index (χ3v) is 2.87. The summed E-state index contributed by atoms with van der Waals surface area (Å²) in [5.41, 5.74) is 0.369. The van der Waals surface area contributed by atoms with Crippen LogP contribution in [0.1, 0.15) is 0 Å². The number of ether oxygens (including phenoxy) is 1. The van der Waals surface area contributed by atoms with Crippen LogP contribution in [0.4, 0.5) is 23.7 Å². The Balaban J connectivity index is 2.51. The highest BCUT2D eigenvalue weighted by Crippen LogP contribution is 2.20. The highest BCUT2D eigenvalue weighted by molar-refractivity contribution is 6.33. The van der Waals surface area contributed by atoms with E-state index in [4.69, 9.17) is 16.7 Å². The first kappa shape index (κ1) is 18.5. The highest BCUT2D eigenvalue weighted by Gasteiger charge is 2.27. The van der Waals surface area contributed by atoms with Gasteiger partial charge in [0.1, 0.15) is 6.61 Å². The Morgan fingerprint density at radius 3 is 2.59 bits per heavy atom. The van der Waals surface area contributed by atoms with Gasteiger partial charge in [-0.15, -0.1) is 0 Å². The van der Waals surface area contributed by atoms with Crippen molar-refractivity contribution in [2.24, 2.45) is 0 Å². The molecule has 0 aliphatic carbocycles. The van der Waals surface area contributed by atoms with Gasteiger partial charge in [0.15, 0.2) is 0 Å². The van der Waals surface area contributed by atoms with Crippen molar-refractivity contribution in [2.75, 3.05) is 38.2 Å². The van der Waals surface area contributed by atoms with Gasteiger partial charge in [-0.1, -0.05) is 23.7 Å². The minimum Gasteiger partial charge on any atom is -0.395 e. The molecule has 0 saturated carbocycles. The van der Waals surface area contributed by atoms with E-state index in [0.29, 0.717) is 10.7 Å². The molecule has 2 amide bonds. The van der Waals surface area contributed by atoms with Crippen LogP contribution < -0.4 is 5.32 Å². The molecule has 0 aliphatic heterocycles. The third kappa shape index (κ3) is 6.97. The summed E-state index contributed by atoms with van der Waals surface area (Å²) in [5.74, 6) is 0. The standard InChI is InChI=1S/C13H16ClF3N2O3/c14-10-3-1-2-4-11(10)18-12(21)19(5-7-20)6-8-22-9-13(15,16)17/h1-4,20H,5-9H2,(H,18,21). The molecule has 1 aromatic rings. The first-order valence-electron chi connectivity index (χ1n) is 6.39. The number of nitrogens with one attached hydrogen (secondary N) is 1. The number of alkyl halides is 3. The van der Waals surface area contributed by atoms with E-state index in [0.717, 1.165) is 4.90 Å². The summed E-state index contributed by atoms with van der Waals surface area (Å²) in [5, 5.41) is 11.8. The Bertz CT molecular complexity index is 486. The van der Waals surface area contributed by atoms with Crippen molar-refractivity contribution in [2.45, 2.75) is 6.18 Å². The summed E-state index contributed by atoms with van der Waals surface area (Å²) < 4.78 is 40.3. The lowest BCUT2D eigenvalue weighted by atomic mass is 10.3. The Kier molecular flexibility index (Phi) is 7.43. The predicted octanol–water partition coefficient (Wildman–Crippen LogP) is 2.75. The number of nitrogens with zero attached hydrogens (tertiary/aromatic N) is 1. The van der Waals surface area contributed by atoms with Crippen molar-refractivity contribution in [1.29, 1.82) is 0 Å². The maximum Gasteiger partial charge on any atom is 0.411 e. The van der Waals surface area contributed by atoms with Gasteiger partial charge in [-0.3, -0.25) is 0 Å². The van der Waals surface area contributed by atoms with Crippen molar-refractivity contribution >= 4 is 23.3 Å². The van der Waals surface area contributed by atoms with Crippen molar-refractivity contribution in [1.82, 2.24) is 4.90 Å². The van der Waals surface area contributed by atoms with Crippen LogP contribution in [0.25, 0.3) is 0 Å². The zero-order valence-electron chi connectivity index (χ0n) is 11.6. The van der Waals surface area contributed by atoms with Crippen LogP contribution in [0, 0.1) is 0 Å². The molecule has 1 rings (SSSR count). The van der Waals surface area contributed by atoms with Gasteiger partial charge in [-0.2, -0.15) is 13.2 Å². The number of anilines is 1. The van der Waals surface area contributed by atoms with Gasteiger partial charge in [0.25, 0.3) is 0 Å². The number of rotatable bonds is 7. The van der Waals surface area contributed by atoms with Crippen molar-refractivity contribution in [3.8, 4) is 0 Å². The maximum absolute atomic E-state index is 12.0. The van der Waals surface area contributed by atoms with Gasteiger partial charge in [0.05, 0.1) is 23.9 Å². The molecule has 5 nitrogen and oxygen atoms in total. The molecule has 1 aromatic carbocycles. The lowest BCUT2D eigenvalue weighted by Crippen LogP contribution is -2.39. The molecule has 22 heavy (non-hydrogen) atoms. The molecule has 0 aliphatic rings. The van der Waals surface area contributed by atoms with E-state index < -0.39 is 18.8 Å². The first-order chi connectivity index (χ1) is 10.3. The number of aliphatic hydroxyl groups excluding tert-OH is 1. The number of hydrogen-bond donors (Lipinski definition) is 2. The molecule has 2 N–H and O–H groups in total. The molecular weight excluding hydrogens is 325 g/mol. The van der Waals surface area contributed by atoms with E-state index in [1.165, 1.54) is 0 Å². The molecule has 0 spiro atoms. The first-order valence-corrected chi connectivity index (χ1v) is 6.77. The fourth-order valence-electron chi connectivity index (χ4n) is 1.56. The minimum absolute atomic E-state index is 0.0360. The van der Waals surface area contributed by atoms with Gasteiger partial charge in [0, 0.05) is 13.1 Å². The number of amides is 2. The van der Waals surface area contributed by atoms with Gasteiger partial charge in [-0.25, -0.2) is 4.79 Å².